The molecule has 0 saturated carbocycles. The second-order valence-electron chi connectivity index (χ2n) is 4.17. The number of aliphatic hydroxyl groups excluding tert-OH is 1. The van der Waals surface area contributed by atoms with Crippen LogP contribution in [0.25, 0.3) is 0 Å². The Labute approximate surface area is 75.4 Å². The second kappa shape index (κ2) is 4.24. The average molecular weight is 171 g/mol. The summed E-state index contributed by atoms with van der Waals surface area (Å²) in [6, 6.07) is 0. The van der Waals surface area contributed by atoms with Gasteiger partial charge in [0, 0.05) is 12.1 Å². The Balaban J connectivity index is 2.56. The normalized spacial score (nSPS) is 31.0. The van der Waals surface area contributed by atoms with Gasteiger partial charge in [0.2, 0.25) is 0 Å². The van der Waals surface area contributed by atoms with Crippen molar-refractivity contribution in [3.8, 4) is 0 Å². The first kappa shape index (κ1) is 10.0. The van der Waals surface area contributed by atoms with Crippen LogP contribution in [-0.2, 0) is 0 Å². The van der Waals surface area contributed by atoms with E-state index in [4.69, 9.17) is 5.11 Å². The van der Waals surface area contributed by atoms with Crippen molar-refractivity contribution >= 4 is 0 Å². The number of piperidine rings is 1. The first-order valence-electron chi connectivity index (χ1n) is 5.07. The molecule has 0 spiro atoms. The molecule has 2 heteroatoms. The molecule has 0 aliphatic carbocycles. The molecular formula is C10H21NO. The predicted molar refractivity (Wildman–Crippen MR) is 51.1 cm³/mol. The first-order chi connectivity index (χ1) is 5.71. The van der Waals surface area contributed by atoms with E-state index in [1.54, 1.807) is 0 Å². The predicted octanol–water partition coefficient (Wildman–Crippen LogP) is 1.54. The molecule has 0 radical (unpaired) electrons. The molecule has 12 heavy (non-hydrogen) atoms. The Morgan fingerprint density at radius 3 is 2.58 bits per heavy atom. The monoisotopic (exact) mass is 171 g/mol. The lowest BCUT2D eigenvalue weighted by atomic mass is 9.77. The van der Waals surface area contributed by atoms with Crippen molar-refractivity contribution in [2.24, 2.45) is 5.92 Å². The topological polar surface area (TPSA) is 32.3 Å². The van der Waals surface area contributed by atoms with Gasteiger partial charge in [-0.2, -0.15) is 0 Å². The third-order valence-corrected chi connectivity index (χ3v) is 3.19. The Morgan fingerprint density at radius 1 is 1.42 bits per heavy atom. The zero-order valence-corrected chi connectivity index (χ0v) is 8.27. The fourth-order valence-electron chi connectivity index (χ4n) is 2.19. The summed E-state index contributed by atoms with van der Waals surface area (Å²) in [7, 11) is 0. The summed E-state index contributed by atoms with van der Waals surface area (Å²) in [4.78, 5) is 0. The Morgan fingerprint density at radius 2 is 2.17 bits per heavy atom. The van der Waals surface area contributed by atoms with Gasteiger partial charge in [-0.15, -0.1) is 0 Å². The van der Waals surface area contributed by atoms with Gasteiger partial charge in [0.15, 0.2) is 0 Å². The lowest BCUT2D eigenvalue weighted by molar-refractivity contribution is 0.132. The molecule has 1 atom stereocenters. The third-order valence-electron chi connectivity index (χ3n) is 3.19. The Bertz CT molecular complexity index is 122. The van der Waals surface area contributed by atoms with E-state index >= 15 is 0 Å². The highest BCUT2D eigenvalue weighted by atomic mass is 16.3. The molecule has 1 heterocycles. The SMILES string of the molecule is CC(C)C1(CCO)CCCCN1. The smallest absolute Gasteiger partial charge is 0.0448 e. The van der Waals surface area contributed by atoms with E-state index < -0.39 is 0 Å². The van der Waals surface area contributed by atoms with Gasteiger partial charge >= 0.3 is 0 Å². The van der Waals surface area contributed by atoms with Gasteiger partial charge in [0.05, 0.1) is 0 Å². The summed E-state index contributed by atoms with van der Waals surface area (Å²) < 4.78 is 0. The molecule has 1 fully saturated rings. The summed E-state index contributed by atoms with van der Waals surface area (Å²) in [5, 5.41) is 12.6. The first-order valence-corrected chi connectivity index (χ1v) is 5.07. The minimum absolute atomic E-state index is 0.229. The molecule has 2 nitrogen and oxygen atoms in total. The largest absolute Gasteiger partial charge is 0.396 e. The van der Waals surface area contributed by atoms with Crippen LogP contribution in [0, 0.1) is 5.92 Å². The van der Waals surface area contributed by atoms with Crippen LogP contribution in [-0.4, -0.2) is 23.8 Å². The van der Waals surface area contributed by atoms with E-state index in [2.05, 4.69) is 19.2 Å². The molecule has 0 aromatic rings. The lowest BCUT2D eigenvalue weighted by Crippen LogP contribution is -2.53. The second-order valence-corrected chi connectivity index (χ2v) is 4.17. The van der Waals surface area contributed by atoms with E-state index in [0.717, 1.165) is 13.0 Å². The number of nitrogens with one attached hydrogen (secondary N) is 1. The fourth-order valence-corrected chi connectivity index (χ4v) is 2.19. The molecule has 1 unspecified atom stereocenters. The maximum Gasteiger partial charge on any atom is 0.0448 e. The van der Waals surface area contributed by atoms with Crippen molar-refractivity contribution in [3.63, 3.8) is 0 Å². The summed E-state index contributed by atoms with van der Waals surface area (Å²) in [5.41, 5.74) is 0.229. The highest BCUT2D eigenvalue weighted by molar-refractivity contribution is 4.93. The van der Waals surface area contributed by atoms with Gasteiger partial charge in [-0.05, 0) is 31.7 Å². The number of hydrogen-bond donors (Lipinski definition) is 2. The van der Waals surface area contributed by atoms with Crippen molar-refractivity contribution in [1.82, 2.24) is 5.32 Å². The molecular weight excluding hydrogens is 150 g/mol. The van der Waals surface area contributed by atoms with Crippen molar-refractivity contribution in [2.75, 3.05) is 13.2 Å². The minimum Gasteiger partial charge on any atom is -0.396 e. The van der Waals surface area contributed by atoms with Crippen LogP contribution in [0.15, 0.2) is 0 Å². The lowest BCUT2D eigenvalue weighted by Gasteiger charge is -2.41. The molecule has 0 bridgehead atoms. The van der Waals surface area contributed by atoms with Crippen LogP contribution in [0.1, 0.15) is 39.5 Å². The van der Waals surface area contributed by atoms with Crippen LogP contribution in [0.3, 0.4) is 0 Å². The molecule has 1 aliphatic rings. The molecule has 72 valence electrons. The molecule has 1 saturated heterocycles. The van der Waals surface area contributed by atoms with Gasteiger partial charge in [-0.25, -0.2) is 0 Å². The Hall–Kier alpha value is -0.0800. The molecule has 0 aromatic carbocycles. The average Bonchev–Trinajstić information content (AvgIpc) is 2.06. The highest BCUT2D eigenvalue weighted by Gasteiger charge is 2.33. The zero-order chi connectivity index (χ0) is 9.03. The van der Waals surface area contributed by atoms with Crippen LogP contribution in [0.2, 0.25) is 0 Å². The summed E-state index contributed by atoms with van der Waals surface area (Å²) in [6.45, 7) is 5.92. The maximum atomic E-state index is 8.99. The van der Waals surface area contributed by atoms with Crippen molar-refractivity contribution in [1.29, 1.82) is 0 Å². The molecule has 2 N–H and O–H groups in total. The standard InChI is InChI=1S/C10H21NO/c1-9(2)10(6-8-12)5-3-4-7-11-10/h9,11-12H,3-8H2,1-2H3. The summed E-state index contributed by atoms with van der Waals surface area (Å²) >= 11 is 0. The third kappa shape index (κ3) is 1.99. The number of rotatable bonds is 3. The van der Waals surface area contributed by atoms with Crippen LogP contribution >= 0.6 is 0 Å². The van der Waals surface area contributed by atoms with Crippen molar-refractivity contribution in [2.45, 2.75) is 45.1 Å². The van der Waals surface area contributed by atoms with E-state index in [9.17, 15) is 0 Å². The molecule has 0 aromatic heterocycles. The summed E-state index contributed by atoms with van der Waals surface area (Å²) in [6.07, 6.45) is 4.74. The van der Waals surface area contributed by atoms with Gasteiger partial charge in [-0.1, -0.05) is 20.3 Å². The van der Waals surface area contributed by atoms with Crippen LogP contribution in [0.5, 0.6) is 0 Å². The van der Waals surface area contributed by atoms with Crippen molar-refractivity contribution < 1.29 is 5.11 Å². The summed E-state index contributed by atoms with van der Waals surface area (Å²) in [5.74, 6) is 0.630. The van der Waals surface area contributed by atoms with Crippen LogP contribution < -0.4 is 5.32 Å². The van der Waals surface area contributed by atoms with E-state index in [0.29, 0.717) is 12.5 Å². The quantitative estimate of drug-likeness (QED) is 0.675. The molecule has 0 amide bonds. The van der Waals surface area contributed by atoms with Gasteiger partial charge in [0.1, 0.15) is 0 Å². The van der Waals surface area contributed by atoms with Gasteiger partial charge in [0.25, 0.3) is 0 Å². The minimum atomic E-state index is 0.229. The van der Waals surface area contributed by atoms with Crippen molar-refractivity contribution in [3.05, 3.63) is 0 Å². The Kier molecular flexibility index (Phi) is 3.53. The van der Waals surface area contributed by atoms with E-state index in [1.807, 2.05) is 0 Å². The van der Waals surface area contributed by atoms with Crippen LogP contribution in [0.4, 0.5) is 0 Å². The molecule has 1 aliphatic heterocycles. The number of aliphatic hydroxyl groups is 1. The van der Waals surface area contributed by atoms with Gasteiger partial charge in [-0.3, -0.25) is 0 Å². The van der Waals surface area contributed by atoms with E-state index in [-0.39, 0.29) is 5.54 Å². The highest BCUT2D eigenvalue weighted by Crippen LogP contribution is 2.29. The number of hydrogen-bond acceptors (Lipinski definition) is 2. The van der Waals surface area contributed by atoms with E-state index in [1.165, 1.54) is 19.3 Å². The maximum absolute atomic E-state index is 8.99. The zero-order valence-electron chi connectivity index (χ0n) is 8.27. The van der Waals surface area contributed by atoms with Gasteiger partial charge < -0.3 is 10.4 Å². The fraction of sp³-hybridized carbons (Fsp3) is 1.00. The molecule has 1 rings (SSSR count).